The van der Waals surface area contributed by atoms with Crippen molar-refractivity contribution < 1.29 is 0 Å². The van der Waals surface area contributed by atoms with Gasteiger partial charge >= 0.3 is 0 Å². The lowest BCUT2D eigenvalue weighted by Gasteiger charge is -2.31. The standard InChI is InChI=1S/C15H17N3/c16-13-6-7-15-12(10-13)4-3-9-18(15)11-14-5-1-2-8-17-14/h1-2,5-8,10H,3-4,9,11,16H2. The zero-order chi connectivity index (χ0) is 12.4. The summed E-state index contributed by atoms with van der Waals surface area (Å²) in [5.74, 6) is 0. The third kappa shape index (κ3) is 2.16. The summed E-state index contributed by atoms with van der Waals surface area (Å²) in [4.78, 5) is 6.79. The number of hydrogen-bond acceptors (Lipinski definition) is 3. The molecule has 1 aromatic carbocycles. The molecule has 92 valence electrons. The number of nitrogen functional groups attached to an aromatic ring is 1. The molecule has 1 aromatic heterocycles. The first-order valence-corrected chi connectivity index (χ1v) is 6.36. The largest absolute Gasteiger partial charge is 0.399 e. The van der Waals surface area contributed by atoms with Gasteiger partial charge in [-0.3, -0.25) is 4.98 Å². The molecule has 0 aliphatic carbocycles. The Balaban J connectivity index is 1.87. The number of rotatable bonds is 2. The van der Waals surface area contributed by atoms with Gasteiger partial charge in [0, 0.05) is 24.1 Å². The van der Waals surface area contributed by atoms with Crippen molar-refractivity contribution in [2.45, 2.75) is 19.4 Å². The molecule has 2 heterocycles. The van der Waals surface area contributed by atoms with E-state index in [2.05, 4.69) is 28.1 Å². The molecule has 0 radical (unpaired) electrons. The molecule has 2 aromatic rings. The molecule has 0 saturated heterocycles. The molecule has 0 fully saturated rings. The summed E-state index contributed by atoms with van der Waals surface area (Å²) in [6.45, 7) is 1.96. The highest BCUT2D eigenvalue weighted by Crippen LogP contribution is 2.29. The lowest BCUT2D eigenvalue weighted by Crippen LogP contribution is -2.29. The molecule has 3 rings (SSSR count). The average Bonchev–Trinajstić information content (AvgIpc) is 2.40. The maximum Gasteiger partial charge on any atom is 0.0602 e. The van der Waals surface area contributed by atoms with E-state index in [9.17, 15) is 0 Å². The molecule has 1 aliphatic heterocycles. The van der Waals surface area contributed by atoms with Crippen LogP contribution in [0.3, 0.4) is 0 Å². The molecule has 0 atom stereocenters. The normalized spacial score (nSPS) is 14.3. The highest BCUT2D eigenvalue weighted by Gasteiger charge is 2.17. The van der Waals surface area contributed by atoms with Crippen LogP contribution in [0.25, 0.3) is 0 Å². The summed E-state index contributed by atoms with van der Waals surface area (Å²) in [5.41, 5.74) is 10.5. The van der Waals surface area contributed by atoms with E-state index in [1.54, 1.807) is 0 Å². The van der Waals surface area contributed by atoms with Crippen LogP contribution in [0.5, 0.6) is 0 Å². The smallest absolute Gasteiger partial charge is 0.0602 e. The molecule has 0 saturated carbocycles. The number of benzene rings is 1. The Kier molecular flexibility index (Phi) is 2.89. The predicted molar refractivity (Wildman–Crippen MR) is 74.5 cm³/mol. The first-order chi connectivity index (χ1) is 8.83. The van der Waals surface area contributed by atoms with Gasteiger partial charge in [-0.25, -0.2) is 0 Å². The van der Waals surface area contributed by atoms with Crippen LogP contribution in [0.2, 0.25) is 0 Å². The van der Waals surface area contributed by atoms with Gasteiger partial charge < -0.3 is 10.6 Å². The monoisotopic (exact) mass is 239 g/mol. The summed E-state index contributed by atoms with van der Waals surface area (Å²) in [7, 11) is 0. The lowest BCUT2D eigenvalue weighted by molar-refractivity contribution is 0.684. The van der Waals surface area contributed by atoms with Gasteiger partial charge in [0.15, 0.2) is 0 Å². The van der Waals surface area contributed by atoms with Gasteiger partial charge in [0.1, 0.15) is 0 Å². The van der Waals surface area contributed by atoms with Crippen molar-refractivity contribution in [2.24, 2.45) is 0 Å². The third-order valence-electron chi connectivity index (χ3n) is 3.40. The Morgan fingerprint density at radius 3 is 3.00 bits per heavy atom. The molecule has 3 nitrogen and oxygen atoms in total. The first kappa shape index (κ1) is 11.1. The molecule has 1 aliphatic rings. The molecule has 0 bridgehead atoms. The lowest BCUT2D eigenvalue weighted by atomic mass is 10.0. The quantitative estimate of drug-likeness (QED) is 0.819. The van der Waals surface area contributed by atoms with Gasteiger partial charge in [0.25, 0.3) is 0 Å². The Labute approximate surface area is 107 Å². The minimum Gasteiger partial charge on any atom is -0.399 e. The van der Waals surface area contributed by atoms with Gasteiger partial charge in [-0.05, 0) is 48.7 Å². The van der Waals surface area contributed by atoms with Crippen LogP contribution < -0.4 is 10.6 Å². The number of pyridine rings is 1. The van der Waals surface area contributed by atoms with Gasteiger partial charge in [-0.2, -0.15) is 0 Å². The van der Waals surface area contributed by atoms with E-state index in [1.165, 1.54) is 17.7 Å². The molecule has 0 unspecified atom stereocenters. The maximum absolute atomic E-state index is 5.85. The van der Waals surface area contributed by atoms with Gasteiger partial charge in [0.05, 0.1) is 12.2 Å². The Morgan fingerprint density at radius 1 is 1.22 bits per heavy atom. The zero-order valence-corrected chi connectivity index (χ0v) is 10.3. The number of nitrogens with zero attached hydrogens (tertiary/aromatic N) is 2. The predicted octanol–water partition coefficient (Wildman–Crippen LogP) is 2.62. The number of aryl methyl sites for hydroxylation is 1. The van der Waals surface area contributed by atoms with Crippen LogP contribution in [0.4, 0.5) is 11.4 Å². The van der Waals surface area contributed by atoms with Gasteiger partial charge in [0.2, 0.25) is 0 Å². The SMILES string of the molecule is Nc1ccc2c(c1)CCCN2Cc1ccccn1. The van der Waals surface area contributed by atoms with E-state index in [0.717, 1.165) is 30.9 Å². The molecule has 18 heavy (non-hydrogen) atoms. The van der Waals surface area contributed by atoms with Gasteiger partial charge in [-0.1, -0.05) is 6.07 Å². The second kappa shape index (κ2) is 4.69. The third-order valence-corrected chi connectivity index (χ3v) is 3.40. The van der Waals surface area contributed by atoms with Crippen molar-refractivity contribution >= 4 is 11.4 Å². The van der Waals surface area contributed by atoms with Crippen molar-refractivity contribution in [1.29, 1.82) is 0 Å². The molecule has 0 amide bonds. The Morgan fingerprint density at radius 2 is 2.17 bits per heavy atom. The van der Waals surface area contributed by atoms with Crippen LogP contribution in [0.15, 0.2) is 42.6 Å². The van der Waals surface area contributed by atoms with Crippen molar-refractivity contribution in [3.05, 3.63) is 53.9 Å². The first-order valence-electron chi connectivity index (χ1n) is 6.36. The molecule has 0 spiro atoms. The van der Waals surface area contributed by atoms with Crippen LogP contribution in [-0.2, 0) is 13.0 Å². The van der Waals surface area contributed by atoms with Crippen molar-refractivity contribution in [2.75, 3.05) is 17.2 Å². The average molecular weight is 239 g/mol. The van der Waals surface area contributed by atoms with E-state index in [1.807, 2.05) is 24.4 Å². The van der Waals surface area contributed by atoms with Crippen LogP contribution >= 0.6 is 0 Å². The van der Waals surface area contributed by atoms with Crippen LogP contribution in [0.1, 0.15) is 17.7 Å². The highest BCUT2D eigenvalue weighted by molar-refractivity contribution is 5.61. The zero-order valence-electron chi connectivity index (χ0n) is 10.3. The van der Waals surface area contributed by atoms with Crippen LogP contribution in [0, 0.1) is 0 Å². The highest BCUT2D eigenvalue weighted by atomic mass is 15.1. The fraction of sp³-hybridized carbons (Fsp3) is 0.267. The maximum atomic E-state index is 5.85. The molecular weight excluding hydrogens is 222 g/mol. The topological polar surface area (TPSA) is 42.1 Å². The van der Waals surface area contributed by atoms with E-state index in [-0.39, 0.29) is 0 Å². The minimum absolute atomic E-state index is 0.855. The second-order valence-electron chi connectivity index (χ2n) is 4.73. The van der Waals surface area contributed by atoms with E-state index in [0.29, 0.717) is 0 Å². The summed E-state index contributed by atoms with van der Waals surface area (Å²) >= 11 is 0. The van der Waals surface area contributed by atoms with E-state index >= 15 is 0 Å². The molecular formula is C15H17N3. The second-order valence-corrected chi connectivity index (χ2v) is 4.73. The summed E-state index contributed by atoms with van der Waals surface area (Å²) in [6.07, 6.45) is 4.16. The number of fused-ring (bicyclic) bond motifs is 1. The number of aromatic nitrogens is 1. The fourth-order valence-corrected chi connectivity index (χ4v) is 2.55. The number of hydrogen-bond donors (Lipinski definition) is 1. The van der Waals surface area contributed by atoms with Crippen LogP contribution in [-0.4, -0.2) is 11.5 Å². The number of anilines is 2. The minimum atomic E-state index is 0.855. The van der Waals surface area contributed by atoms with E-state index in [4.69, 9.17) is 5.73 Å². The number of nitrogens with two attached hydrogens (primary N) is 1. The summed E-state index contributed by atoms with van der Waals surface area (Å²) in [6, 6.07) is 12.3. The van der Waals surface area contributed by atoms with Crippen molar-refractivity contribution in [3.63, 3.8) is 0 Å². The summed E-state index contributed by atoms with van der Waals surface area (Å²) < 4.78 is 0. The van der Waals surface area contributed by atoms with E-state index < -0.39 is 0 Å². The van der Waals surface area contributed by atoms with Gasteiger partial charge in [-0.15, -0.1) is 0 Å². The Hall–Kier alpha value is -2.03. The molecule has 2 N–H and O–H groups in total. The van der Waals surface area contributed by atoms with Crippen molar-refractivity contribution in [3.8, 4) is 0 Å². The Bertz CT molecular complexity index is 537. The molecule has 3 heteroatoms. The summed E-state index contributed by atoms with van der Waals surface area (Å²) in [5, 5.41) is 0. The fourth-order valence-electron chi connectivity index (χ4n) is 2.55. The van der Waals surface area contributed by atoms with Crippen molar-refractivity contribution in [1.82, 2.24) is 4.98 Å².